The maximum Gasteiger partial charge on any atom is 0.307 e. The first-order chi connectivity index (χ1) is 13.6. The van der Waals surface area contributed by atoms with E-state index in [1.54, 1.807) is 18.2 Å². The minimum absolute atomic E-state index is 0.105. The SMILES string of the molecule is CC1=CC[C@@H](C(=O)O)[C@@H](C(=O)Nc2ccc(CN3OCC(C)(C)C3=O)c(Cl)c2)C1. The van der Waals surface area contributed by atoms with Gasteiger partial charge in [0.2, 0.25) is 5.91 Å². The molecule has 8 heteroatoms. The van der Waals surface area contributed by atoms with Gasteiger partial charge in [-0.25, -0.2) is 5.06 Å². The van der Waals surface area contributed by atoms with Crippen molar-refractivity contribution in [2.45, 2.75) is 40.2 Å². The van der Waals surface area contributed by atoms with Crippen molar-refractivity contribution in [3.05, 3.63) is 40.4 Å². The van der Waals surface area contributed by atoms with Gasteiger partial charge in [-0.2, -0.15) is 0 Å². The number of nitrogens with zero attached hydrogens (tertiary/aromatic N) is 1. The van der Waals surface area contributed by atoms with Gasteiger partial charge in [-0.05, 0) is 51.3 Å². The zero-order chi connectivity index (χ0) is 21.3. The third-order valence-electron chi connectivity index (χ3n) is 5.42. The van der Waals surface area contributed by atoms with Gasteiger partial charge in [-0.15, -0.1) is 0 Å². The molecular formula is C21H25ClN2O5. The quantitative estimate of drug-likeness (QED) is 0.709. The lowest BCUT2D eigenvalue weighted by molar-refractivity contribution is -0.165. The number of aliphatic carboxylic acids is 1. The van der Waals surface area contributed by atoms with Crippen molar-refractivity contribution in [3.8, 4) is 0 Å². The van der Waals surface area contributed by atoms with Crippen LogP contribution in [0.25, 0.3) is 0 Å². The molecule has 3 rings (SSSR count). The lowest BCUT2D eigenvalue weighted by Crippen LogP contribution is -2.35. The number of halogens is 1. The van der Waals surface area contributed by atoms with Gasteiger partial charge < -0.3 is 10.4 Å². The van der Waals surface area contributed by atoms with Crippen LogP contribution in [0, 0.1) is 17.3 Å². The molecule has 0 aromatic heterocycles. The molecule has 29 heavy (non-hydrogen) atoms. The fourth-order valence-electron chi connectivity index (χ4n) is 3.57. The van der Waals surface area contributed by atoms with Crippen molar-refractivity contribution in [2.75, 3.05) is 11.9 Å². The largest absolute Gasteiger partial charge is 0.481 e. The average molecular weight is 421 g/mol. The van der Waals surface area contributed by atoms with Crippen LogP contribution in [-0.2, 0) is 25.8 Å². The molecule has 0 saturated carbocycles. The Morgan fingerprint density at radius 2 is 2.07 bits per heavy atom. The summed E-state index contributed by atoms with van der Waals surface area (Å²) in [4.78, 5) is 41.9. The summed E-state index contributed by atoms with van der Waals surface area (Å²) in [6.45, 7) is 6.07. The first-order valence-corrected chi connectivity index (χ1v) is 9.89. The van der Waals surface area contributed by atoms with E-state index in [9.17, 15) is 19.5 Å². The van der Waals surface area contributed by atoms with Gasteiger partial charge in [-0.3, -0.25) is 19.2 Å². The van der Waals surface area contributed by atoms with Gasteiger partial charge in [0.25, 0.3) is 5.91 Å². The maximum absolute atomic E-state index is 12.7. The van der Waals surface area contributed by atoms with E-state index in [0.29, 0.717) is 35.7 Å². The zero-order valence-electron chi connectivity index (χ0n) is 16.7. The number of rotatable bonds is 5. The lowest BCUT2D eigenvalue weighted by atomic mass is 9.79. The predicted octanol–water partition coefficient (Wildman–Crippen LogP) is 3.64. The molecule has 2 aliphatic rings. The fraction of sp³-hybridized carbons (Fsp3) is 0.476. The van der Waals surface area contributed by atoms with E-state index in [0.717, 1.165) is 5.57 Å². The number of carbonyl (C=O) groups excluding carboxylic acids is 2. The Kier molecular flexibility index (Phi) is 6.00. The number of hydroxylamine groups is 2. The molecule has 0 radical (unpaired) electrons. The van der Waals surface area contributed by atoms with Crippen molar-refractivity contribution in [1.29, 1.82) is 0 Å². The maximum atomic E-state index is 12.7. The smallest absolute Gasteiger partial charge is 0.307 e. The Hall–Kier alpha value is -2.38. The highest BCUT2D eigenvalue weighted by molar-refractivity contribution is 6.31. The van der Waals surface area contributed by atoms with Gasteiger partial charge in [0, 0.05) is 10.7 Å². The van der Waals surface area contributed by atoms with E-state index in [1.165, 1.54) is 5.06 Å². The number of hydrogen-bond acceptors (Lipinski definition) is 4. The number of carboxylic acids is 1. The Morgan fingerprint density at radius 1 is 1.34 bits per heavy atom. The van der Waals surface area contributed by atoms with Crippen molar-refractivity contribution in [2.24, 2.45) is 17.3 Å². The lowest BCUT2D eigenvalue weighted by Gasteiger charge is -2.26. The number of hydrogen-bond donors (Lipinski definition) is 2. The van der Waals surface area contributed by atoms with Gasteiger partial charge in [-0.1, -0.05) is 29.3 Å². The average Bonchev–Trinajstić information content (AvgIpc) is 2.90. The zero-order valence-corrected chi connectivity index (χ0v) is 17.5. The molecule has 1 aliphatic heterocycles. The summed E-state index contributed by atoms with van der Waals surface area (Å²) < 4.78 is 0. The predicted molar refractivity (Wildman–Crippen MR) is 108 cm³/mol. The highest BCUT2D eigenvalue weighted by Gasteiger charge is 2.40. The second-order valence-electron chi connectivity index (χ2n) is 8.34. The van der Waals surface area contributed by atoms with E-state index in [-0.39, 0.29) is 18.4 Å². The van der Waals surface area contributed by atoms with Crippen molar-refractivity contribution >= 4 is 35.1 Å². The molecule has 0 spiro atoms. The van der Waals surface area contributed by atoms with E-state index in [4.69, 9.17) is 16.4 Å². The topological polar surface area (TPSA) is 95.9 Å². The fourth-order valence-corrected chi connectivity index (χ4v) is 3.81. The molecule has 7 nitrogen and oxygen atoms in total. The number of nitrogens with one attached hydrogen (secondary N) is 1. The highest BCUT2D eigenvalue weighted by atomic mass is 35.5. The van der Waals surface area contributed by atoms with Crippen LogP contribution in [0.4, 0.5) is 5.69 Å². The number of allylic oxidation sites excluding steroid dienone is 2. The van der Waals surface area contributed by atoms with Crippen LogP contribution in [0.3, 0.4) is 0 Å². The Bertz CT molecular complexity index is 880. The van der Waals surface area contributed by atoms with Gasteiger partial charge in [0.05, 0.1) is 30.4 Å². The summed E-state index contributed by atoms with van der Waals surface area (Å²) in [7, 11) is 0. The van der Waals surface area contributed by atoms with Crippen LogP contribution in [0.1, 0.15) is 39.2 Å². The Labute approximate surface area is 174 Å². The molecule has 1 aromatic carbocycles. The molecule has 2 N–H and O–H groups in total. The van der Waals surface area contributed by atoms with Crippen LogP contribution < -0.4 is 5.32 Å². The van der Waals surface area contributed by atoms with E-state index in [1.807, 2.05) is 26.8 Å². The third kappa shape index (κ3) is 4.62. The minimum Gasteiger partial charge on any atom is -0.481 e. The second kappa shape index (κ2) is 8.16. The molecule has 2 amide bonds. The second-order valence-corrected chi connectivity index (χ2v) is 8.74. The Morgan fingerprint density at radius 3 is 2.66 bits per heavy atom. The van der Waals surface area contributed by atoms with E-state index in [2.05, 4.69) is 5.32 Å². The first kappa shape index (κ1) is 21.3. The summed E-state index contributed by atoms with van der Waals surface area (Å²) in [6.07, 6.45) is 2.63. The summed E-state index contributed by atoms with van der Waals surface area (Å²) >= 11 is 6.35. The molecule has 0 unspecified atom stereocenters. The number of anilines is 1. The summed E-state index contributed by atoms with van der Waals surface area (Å²) in [5.74, 6) is -2.79. The van der Waals surface area contributed by atoms with Crippen LogP contribution in [0.2, 0.25) is 5.02 Å². The molecule has 1 saturated heterocycles. The van der Waals surface area contributed by atoms with E-state index >= 15 is 0 Å². The molecule has 1 aromatic rings. The van der Waals surface area contributed by atoms with Crippen LogP contribution in [-0.4, -0.2) is 34.6 Å². The summed E-state index contributed by atoms with van der Waals surface area (Å²) in [5.41, 5.74) is 1.62. The van der Waals surface area contributed by atoms with Gasteiger partial charge in [0.15, 0.2) is 0 Å². The standard InChI is InChI=1S/C21H25ClN2O5/c1-12-4-7-15(19(26)27)16(8-12)18(25)23-14-6-5-13(17(22)9-14)10-24-20(28)21(2,3)11-29-24/h4-6,9,15-16H,7-8,10-11H2,1-3H3,(H,23,25)(H,26,27)/t15-,16+/m1/s1. The molecule has 0 bridgehead atoms. The Balaban J connectivity index is 1.69. The van der Waals surface area contributed by atoms with Crippen LogP contribution in [0.5, 0.6) is 0 Å². The normalized spacial score (nSPS) is 23.7. The molecule has 156 valence electrons. The molecule has 1 fully saturated rings. The first-order valence-electron chi connectivity index (χ1n) is 9.51. The van der Waals surface area contributed by atoms with Crippen LogP contribution >= 0.6 is 11.6 Å². The summed E-state index contributed by atoms with van der Waals surface area (Å²) in [6, 6.07) is 5.01. The molecular weight excluding hydrogens is 396 g/mol. The molecule has 1 aliphatic carbocycles. The van der Waals surface area contributed by atoms with Crippen molar-refractivity contribution in [3.63, 3.8) is 0 Å². The molecule has 1 heterocycles. The van der Waals surface area contributed by atoms with E-state index < -0.39 is 23.2 Å². The van der Waals surface area contributed by atoms with Crippen molar-refractivity contribution < 1.29 is 24.3 Å². The highest BCUT2D eigenvalue weighted by Crippen LogP contribution is 2.33. The minimum atomic E-state index is -0.972. The van der Waals surface area contributed by atoms with Crippen molar-refractivity contribution in [1.82, 2.24) is 5.06 Å². The number of benzene rings is 1. The van der Waals surface area contributed by atoms with Crippen LogP contribution in [0.15, 0.2) is 29.8 Å². The number of carbonyl (C=O) groups is 3. The van der Waals surface area contributed by atoms with Gasteiger partial charge >= 0.3 is 5.97 Å². The monoisotopic (exact) mass is 420 g/mol. The number of amides is 2. The summed E-state index contributed by atoms with van der Waals surface area (Å²) in [5, 5.41) is 13.9. The van der Waals surface area contributed by atoms with Gasteiger partial charge in [0.1, 0.15) is 0 Å². The molecule has 2 atom stereocenters. The third-order valence-corrected chi connectivity index (χ3v) is 5.77. The number of carboxylic acid groups (broad SMARTS) is 1.